The van der Waals surface area contributed by atoms with Crippen LogP contribution in [0.5, 0.6) is 11.5 Å². The first-order valence-electron chi connectivity index (χ1n) is 5.95. The van der Waals surface area contributed by atoms with Gasteiger partial charge in [-0.25, -0.2) is 0 Å². The molecular weight excluding hydrogens is 244 g/mol. The molecule has 0 saturated heterocycles. The van der Waals surface area contributed by atoms with Crippen LogP contribution in [0, 0.1) is 0 Å². The van der Waals surface area contributed by atoms with Gasteiger partial charge in [0, 0.05) is 10.1 Å². The van der Waals surface area contributed by atoms with Crippen molar-refractivity contribution in [2.45, 2.75) is 23.2 Å². The van der Waals surface area contributed by atoms with E-state index in [0.29, 0.717) is 5.25 Å². The standard InChI is InChI=1S/C15H14O2S/c1-10-15(11-6-8-12(16)9-7-11)17-13-4-2-3-5-14(13)18-10/h2-10,15-16H,1H3. The molecule has 0 radical (unpaired) electrons. The van der Waals surface area contributed by atoms with E-state index in [1.54, 1.807) is 12.1 Å². The van der Waals surface area contributed by atoms with Gasteiger partial charge in [0.15, 0.2) is 0 Å². The molecule has 2 nitrogen and oxygen atoms in total. The Morgan fingerprint density at radius 1 is 1.06 bits per heavy atom. The van der Waals surface area contributed by atoms with E-state index in [-0.39, 0.29) is 11.9 Å². The summed E-state index contributed by atoms with van der Waals surface area (Å²) in [5.41, 5.74) is 1.10. The highest BCUT2D eigenvalue weighted by molar-refractivity contribution is 8.00. The molecule has 2 unspecified atom stereocenters. The summed E-state index contributed by atoms with van der Waals surface area (Å²) in [6.07, 6.45) is 0.0329. The smallest absolute Gasteiger partial charge is 0.136 e. The number of phenolic OH excluding ortho intramolecular Hbond substituents is 1. The van der Waals surface area contributed by atoms with Crippen molar-refractivity contribution < 1.29 is 9.84 Å². The van der Waals surface area contributed by atoms with Crippen LogP contribution in [0.25, 0.3) is 0 Å². The molecule has 2 aromatic rings. The zero-order valence-corrected chi connectivity index (χ0v) is 10.9. The normalized spacial score (nSPS) is 22.1. The Morgan fingerprint density at radius 3 is 2.56 bits per heavy atom. The fourth-order valence-corrected chi connectivity index (χ4v) is 3.27. The van der Waals surface area contributed by atoms with Gasteiger partial charge in [-0.15, -0.1) is 11.8 Å². The Hall–Kier alpha value is -1.61. The molecule has 0 aliphatic carbocycles. The number of phenols is 1. The van der Waals surface area contributed by atoms with Crippen LogP contribution in [0.3, 0.4) is 0 Å². The second-order valence-corrected chi connectivity index (χ2v) is 5.82. The quantitative estimate of drug-likeness (QED) is 0.838. The molecule has 1 aliphatic rings. The number of aromatic hydroxyl groups is 1. The van der Waals surface area contributed by atoms with Gasteiger partial charge in [0.25, 0.3) is 0 Å². The number of fused-ring (bicyclic) bond motifs is 1. The average Bonchev–Trinajstić information content (AvgIpc) is 2.39. The molecule has 0 amide bonds. The van der Waals surface area contributed by atoms with Crippen LogP contribution in [0.15, 0.2) is 53.4 Å². The third-order valence-corrected chi connectivity index (χ3v) is 4.27. The van der Waals surface area contributed by atoms with Crippen molar-refractivity contribution in [3.05, 3.63) is 54.1 Å². The molecule has 2 atom stereocenters. The minimum absolute atomic E-state index is 0.0329. The van der Waals surface area contributed by atoms with E-state index in [1.165, 1.54) is 4.90 Å². The van der Waals surface area contributed by atoms with Gasteiger partial charge in [-0.2, -0.15) is 0 Å². The van der Waals surface area contributed by atoms with Crippen LogP contribution >= 0.6 is 11.8 Å². The predicted octanol–water partition coefficient (Wildman–Crippen LogP) is 4.01. The molecule has 1 N–H and O–H groups in total. The molecule has 2 aromatic carbocycles. The third kappa shape index (κ3) is 2.06. The summed E-state index contributed by atoms with van der Waals surface area (Å²) >= 11 is 1.83. The van der Waals surface area contributed by atoms with Gasteiger partial charge in [-0.05, 0) is 36.8 Å². The van der Waals surface area contributed by atoms with Gasteiger partial charge in [0.2, 0.25) is 0 Å². The van der Waals surface area contributed by atoms with Crippen molar-refractivity contribution in [2.24, 2.45) is 0 Å². The van der Waals surface area contributed by atoms with Crippen LogP contribution in [-0.4, -0.2) is 10.4 Å². The van der Waals surface area contributed by atoms with Gasteiger partial charge >= 0.3 is 0 Å². The summed E-state index contributed by atoms with van der Waals surface area (Å²) in [7, 11) is 0. The second-order valence-electron chi connectivity index (χ2n) is 4.40. The number of ether oxygens (including phenoxy) is 1. The van der Waals surface area contributed by atoms with Gasteiger partial charge < -0.3 is 9.84 Å². The van der Waals surface area contributed by atoms with E-state index in [1.807, 2.05) is 42.1 Å². The Labute approximate surface area is 111 Å². The number of rotatable bonds is 1. The lowest BCUT2D eigenvalue weighted by Crippen LogP contribution is -2.22. The molecule has 1 aliphatic heterocycles. The number of hydrogen-bond donors (Lipinski definition) is 1. The largest absolute Gasteiger partial charge is 0.508 e. The first kappa shape index (κ1) is 11.5. The van der Waals surface area contributed by atoms with Crippen LogP contribution in [0.2, 0.25) is 0 Å². The van der Waals surface area contributed by atoms with Crippen LogP contribution in [-0.2, 0) is 0 Å². The first-order chi connectivity index (χ1) is 8.74. The molecule has 92 valence electrons. The van der Waals surface area contributed by atoms with E-state index in [9.17, 15) is 5.11 Å². The Balaban J connectivity index is 1.93. The van der Waals surface area contributed by atoms with Crippen molar-refractivity contribution in [3.8, 4) is 11.5 Å². The molecule has 3 rings (SSSR count). The van der Waals surface area contributed by atoms with E-state index < -0.39 is 0 Å². The maximum atomic E-state index is 9.33. The van der Waals surface area contributed by atoms with E-state index >= 15 is 0 Å². The minimum atomic E-state index is 0.0329. The Kier molecular flexibility index (Phi) is 2.92. The number of para-hydroxylation sites is 1. The predicted molar refractivity (Wildman–Crippen MR) is 73.2 cm³/mol. The highest BCUT2D eigenvalue weighted by Gasteiger charge is 2.28. The highest BCUT2D eigenvalue weighted by atomic mass is 32.2. The second kappa shape index (κ2) is 4.58. The summed E-state index contributed by atoms with van der Waals surface area (Å²) in [6, 6.07) is 15.4. The lowest BCUT2D eigenvalue weighted by Gasteiger charge is -2.31. The van der Waals surface area contributed by atoms with Crippen molar-refractivity contribution in [2.75, 3.05) is 0 Å². The average molecular weight is 258 g/mol. The number of benzene rings is 2. The SMILES string of the molecule is CC1Sc2ccccc2OC1c1ccc(O)cc1. The van der Waals surface area contributed by atoms with E-state index in [2.05, 4.69) is 13.0 Å². The molecule has 0 spiro atoms. The number of hydrogen-bond acceptors (Lipinski definition) is 3. The van der Waals surface area contributed by atoms with Crippen molar-refractivity contribution in [1.29, 1.82) is 0 Å². The molecular formula is C15H14O2S. The monoisotopic (exact) mass is 258 g/mol. The molecule has 3 heteroatoms. The Morgan fingerprint density at radius 2 is 1.78 bits per heavy atom. The fourth-order valence-electron chi connectivity index (χ4n) is 2.14. The molecule has 1 heterocycles. The molecule has 0 fully saturated rings. The maximum Gasteiger partial charge on any atom is 0.136 e. The van der Waals surface area contributed by atoms with Crippen molar-refractivity contribution >= 4 is 11.8 Å². The summed E-state index contributed by atoms with van der Waals surface area (Å²) in [5, 5.41) is 9.68. The van der Waals surface area contributed by atoms with Gasteiger partial charge in [-0.1, -0.05) is 24.3 Å². The zero-order valence-electron chi connectivity index (χ0n) is 10.0. The molecule has 0 aromatic heterocycles. The van der Waals surface area contributed by atoms with Crippen molar-refractivity contribution in [1.82, 2.24) is 0 Å². The molecule has 0 bridgehead atoms. The maximum absolute atomic E-state index is 9.33. The topological polar surface area (TPSA) is 29.5 Å². The van der Waals surface area contributed by atoms with E-state index in [4.69, 9.17) is 4.74 Å². The molecule has 0 saturated carbocycles. The summed E-state index contributed by atoms with van der Waals surface area (Å²) < 4.78 is 6.07. The lowest BCUT2D eigenvalue weighted by molar-refractivity contribution is 0.195. The van der Waals surface area contributed by atoms with Gasteiger partial charge in [0.05, 0.1) is 0 Å². The van der Waals surface area contributed by atoms with Gasteiger partial charge in [-0.3, -0.25) is 0 Å². The van der Waals surface area contributed by atoms with Gasteiger partial charge in [0.1, 0.15) is 17.6 Å². The van der Waals surface area contributed by atoms with Crippen LogP contribution in [0.4, 0.5) is 0 Å². The first-order valence-corrected chi connectivity index (χ1v) is 6.83. The third-order valence-electron chi connectivity index (χ3n) is 3.06. The lowest BCUT2D eigenvalue weighted by atomic mass is 10.1. The van der Waals surface area contributed by atoms with Crippen molar-refractivity contribution in [3.63, 3.8) is 0 Å². The minimum Gasteiger partial charge on any atom is -0.508 e. The zero-order chi connectivity index (χ0) is 12.5. The molecule has 18 heavy (non-hydrogen) atoms. The summed E-state index contributed by atoms with van der Waals surface area (Å²) in [6.45, 7) is 2.16. The fraction of sp³-hybridized carbons (Fsp3) is 0.200. The highest BCUT2D eigenvalue weighted by Crippen LogP contribution is 2.44. The number of thioether (sulfide) groups is 1. The summed E-state index contributed by atoms with van der Waals surface area (Å²) in [5.74, 6) is 1.23. The van der Waals surface area contributed by atoms with E-state index in [0.717, 1.165) is 11.3 Å². The summed E-state index contributed by atoms with van der Waals surface area (Å²) in [4.78, 5) is 1.19. The van der Waals surface area contributed by atoms with Crippen LogP contribution in [0.1, 0.15) is 18.6 Å². The van der Waals surface area contributed by atoms with Crippen LogP contribution < -0.4 is 4.74 Å². The Bertz CT molecular complexity index is 551.